The number of rotatable bonds is 4. The minimum absolute atomic E-state index is 0.0476. The van der Waals surface area contributed by atoms with Crippen molar-refractivity contribution in [1.82, 2.24) is 20.2 Å². The fourth-order valence-corrected chi connectivity index (χ4v) is 5.87. The quantitative estimate of drug-likeness (QED) is 0.615. The second-order valence-electron chi connectivity index (χ2n) is 9.04. The van der Waals surface area contributed by atoms with E-state index in [4.69, 9.17) is 0 Å². The van der Waals surface area contributed by atoms with Gasteiger partial charge in [-0.1, -0.05) is 38.1 Å². The van der Waals surface area contributed by atoms with Gasteiger partial charge in [-0.05, 0) is 43.0 Å². The summed E-state index contributed by atoms with van der Waals surface area (Å²) in [7, 11) is -3.69. The third-order valence-corrected chi connectivity index (χ3v) is 7.70. The van der Waals surface area contributed by atoms with Crippen LogP contribution in [0.25, 0.3) is 11.0 Å². The van der Waals surface area contributed by atoms with Crippen LogP contribution in [0.15, 0.2) is 57.8 Å². The number of hydrogen-bond donors (Lipinski definition) is 2. The number of hydrogen-bond acceptors (Lipinski definition) is 5. The van der Waals surface area contributed by atoms with Crippen molar-refractivity contribution >= 4 is 32.8 Å². The maximum absolute atomic E-state index is 13.3. The number of aromatic nitrogens is 2. The standard InChI is InChI=1S/C24H27N5O3S/c1-15(2)21(22-25-18-10-4-5-11-19(18)26-22)27-24(30)16-8-7-13-29(14-16)23-17-9-3-6-12-20(17)33(31,32)28-23/h3-6,9-12,15-16,21H,7-8,13-14H2,1-2H3,(H,25,26)(H,27,30)/t16-,21+/m1/s1. The zero-order valence-corrected chi connectivity index (χ0v) is 19.5. The molecule has 1 fully saturated rings. The second kappa shape index (κ2) is 8.30. The third-order valence-electron chi connectivity index (χ3n) is 6.37. The van der Waals surface area contributed by atoms with Crippen LogP contribution < -0.4 is 5.32 Å². The van der Waals surface area contributed by atoms with E-state index in [1.807, 2.05) is 35.2 Å². The summed E-state index contributed by atoms with van der Waals surface area (Å²) in [5, 5.41) is 3.19. The van der Waals surface area contributed by atoms with Crippen LogP contribution in [0.4, 0.5) is 0 Å². The average molecular weight is 466 g/mol. The van der Waals surface area contributed by atoms with Crippen molar-refractivity contribution in [3.05, 3.63) is 59.9 Å². The number of carbonyl (C=O) groups excluding carboxylic acids is 1. The third kappa shape index (κ3) is 4.01. The van der Waals surface area contributed by atoms with Crippen molar-refractivity contribution < 1.29 is 13.2 Å². The Morgan fingerprint density at radius 2 is 1.91 bits per heavy atom. The van der Waals surface area contributed by atoms with Crippen molar-refractivity contribution in [2.24, 2.45) is 16.2 Å². The van der Waals surface area contributed by atoms with Crippen molar-refractivity contribution in [2.75, 3.05) is 13.1 Å². The molecular formula is C24H27N5O3S. The molecule has 9 heteroatoms. The Morgan fingerprint density at radius 1 is 1.15 bits per heavy atom. The first-order valence-electron chi connectivity index (χ1n) is 11.3. The van der Waals surface area contributed by atoms with Crippen molar-refractivity contribution in [1.29, 1.82) is 0 Å². The van der Waals surface area contributed by atoms with E-state index in [0.717, 1.165) is 29.7 Å². The van der Waals surface area contributed by atoms with Gasteiger partial charge in [-0.2, -0.15) is 8.42 Å². The Hall–Kier alpha value is -3.20. The predicted molar refractivity (Wildman–Crippen MR) is 126 cm³/mol. The molecule has 3 aromatic rings. The fourth-order valence-electron chi connectivity index (χ4n) is 4.64. The van der Waals surface area contributed by atoms with E-state index in [1.54, 1.807) is 18.2 Å². The molecule has 1 saturated heterocycles. The highest BCUT2D eigenvalue weighted by atomic mass is 32.2. The van der Waals surface area contributed by atoms with Crippen LogP contribution >= 0.6 is 0 Å². The van der Waals surface area contributed by atoms with Crippen LogP contribution in [0.5, 0.6) is 0 Å². The lowest BCUT2D eigenvalue weighted by molar-refractivity contribution is -0.127. The van der Waals surface area contributed by atoms with E-state index in [1.165, 1.54) is 0 Å². The summed E-state index contributed by atoms with van der Waals surface area (Å²) in [6, 6.07) is 14.4. The zero-order chi connectivity index (χ0) is 23.2. The Balaban J connectivity index is 1.35. The first kappa shape index (κ1) is 21.6. The molecule has 0 unspecified atom stereocenters. The number of likely N-dealkylation sites (tertiary alicyclic amines) is 1. The summed E-state index contributed by atoms with van der Waals surface area (Å²) in [6.07, 6.45) is 1.53. The number of nitrogens with zero attached hydrogens (tertiary/aromatic N) is 3. The predicted octanol–water partition coefficient (Wildman–Crippen LogP) is 3.24. The number of aromatic amines is 1. The van der Waals surface area contributed by atoms with Gasteiger partial charge in [0.05, 0.1) is 23.0 Å². The molecule has 33 heavy (non-hydrogen) atoms. The number of fused-ring (bicyclic) bond motifs is 2. The molecule has 1 amide bonds. The van der Waals surface area contributed by atoms with Crippen LogP contribution in [0.1, 0.15) is 44.1 Å². The number of nitrogens with one attached hydrogen (secondary N) is 2. The molecule has 2 atom stereocenters. The molecule has 8 nitrogen and oxygen atoms in total. The second-order valence-corrected chi connectivity index (χ2v) is 10.6. The van der Waals surface area contributed by atoms with Gasteiger partial charge >= 0.3 is 0 Å². The van der Waals surface area contributed by atoms with Crippen LogP contribution in [0.2, 0.25) is 0 Å². The minimum Gasteiger partial charge on any atom is -0.355 e. The highest BCUT2D eigenvalue weighted by molar-refractivity contribution is 7.90. The summed E-state index contributed by atoms with van der Waals surface area (Å²) in [6.45, 7) is 5.21. The molecule has 2 N–H and O–H groups in total. The van der Waals surface area contributed by atoms with Crippen molar-refractivity contribution in [3.8, 4) is 0 Å². The Bertz CT molecular complexity index is 1310. The van der Waals surface area contributed by atoms with Crippen molar-refractivity contribution in [2.45, 2.75) is 37.6 Å². The molecule has 3 heterocycles. The number of sulfonamides is 1. The van der Waals surface area contributed by atoms with Gasteiger partial charge in [-0.25, -0.2) is 4.98 Å². The average Bonchev–Trinajstić information content (AvgIpc) is 3.36. The van der Waals surface area contributed by atoms with Gasteiger partial charge in [0.2, 0.25) is 5.91 Å². The Kier molecular flexibility index (Phi) is 5.44. The summed E-state index contributed by atoms with van der Waals surface area (Å²) in [5.74, 6) is 1.02. The van der Waals surface area contributed by atoms with Crippen LogP contribution in [0.3, 0.4) is 0 Å². The zero-order valence-electron chi connectivity index (χ0n) is 18.7. The molecule has 2 aromatic carbocycles. The van der Waals surface area contributed by atoms with E-state index in [-0.39, 0.29) is 28.7 Å². The SMILES string of the molecule is CC(C)[C@H](NC(=O)[C@@H]1CCCN(C2=NS(=O)(=O)c3ccccc32)C1)c1nc2ccccc2[nH]1. The number of carbonyl (C=O) groups is 1. The first-order chi connectivity index (χ1) is 15.8. The lowest BCUT2D eigenvalue weighted by Crippen LogP contribution is -2.46. The minimum atomic E-state index is -3.69. The van der Waals surface area contributed by atoms with E-state index < -0.39 is 10.0 Å². The highest BCUT2D eigenvalue weighted by Gasteiger charge is 2.36. The molecule has 0 spiro atoms. The largest absolute Gasteiger partial charge is 0.355 e. The van der Waals surface area contributed by atoms with Gasteiger partial charge in [0, 0.05) is 18.7 Å². The van der Waals surface area contributed by atoms with E-state index >= 15 is 0 Å². The van der Waals surface area contributed by atoms with Gasteiger partial charge in [-0.15, -0.1) is 4.40 Å². The summed E-state index contributed by atoms with van der Waals surface area (Å²) in [4.78, 5) is 23.5. The Morgan fingerprint density at radius 3 is 2.70 bits per heavy atom. The molecular weight excluding hydrogens is 438 g/mol. The number of H-pyrrole nitrogens is 1. The lowest BCUT2D eigenvalue weighted by atomic mass is 9.95. The molecule has 5 rings (SSSR count). The molecule has 2 aliphatic heterocycles. The molecule has 0 radical (unpaired) electrons. The number of amidine groups is 1. The number of imidazole rings is 1. The molecule has 0 aliphatic carbocycles. The smallest absolute Gasteiger partial charge is 0.285 e. The van der Waals surface area contributed by atoms with Gasteiger partial charge in [0.15, 0.2) is 5.84 Å². The molecule has 2 aliphatic rings. The van der Waals surface area contributed by atoms with Crippen LogP contribution in [0, 0.1) is 11.8 Å². The molecule has 0 bridgehead atoms. The van der Waals surface area contributed by atoms with Crippen molar-refractivity contribution in [3.63, 3.8) is 0 Å². The monoisotopic (exact) mass is 465 g/mol. The van der Waals surface area contributed by atoms with Gasteiger partial charge in [0.25, 0.3) is 10.0 Å². The maximum Gasteiger partial charge on any atom is 0.285 e. The van der Waals surface area contributed by atoms with E-state index in [9.17, 15) is 13.2 Å². The van der Waals surface area contributed by atoms with E-state index in [0.29, 0.717) is 24.5 Å². The number of piperidine rings is 1. The van der Waals surface area contributed by atoms with E-state index in [2.05, 4.69) is 33.5 Å². The fraction of sp³-hybridized carbons (Fsp3) is 0.375. The topological polar surface area (TPSA) is 108 Å². The normalized spacial score (nSPS) is 20.5. The van der Waals surface area contributed by atoms with Gasteiger partial charge in [-0.3, -0.25) is 4.79 Å². The van der Waals surface area contributed by atoms with Crippen LogP contribution in [-0.2, 0) is 14.8 Å². The van der Waals surface area contributed by atoms with Gasteiger partial charge < -0.3 is 15.2 Å². The maximum atomic E-state index is 13.3. The molecule has 172 valence electrons. The number of amides is 1. The van der Waals surface area contributed by atoms with Gasteiger partial charge in [0.1, 0.15) is 10.7 Å². The summed E-state index contributed by atoms with van der Waals surface area (Å²) < 4.78 is 29.0. The lowest BCUT2D eigenvalue weighted by Gasteiger charge is -2.34. The highest BCUT2D eigenvalue weighted by Crippen LogP contribution is 2.30. The summed E-state index contributed by atoms with van der Waals surface area (Å²) >= 11 is 0. The molecule has 1 aromatic heterocycles. The van der Waals surface area contributed by atoms with Crippen LogP contribution in [-0.4, -0.2) is 48.1 Å². The number of benzene rings is 2. The molecule has 0 saturated carbocycles. The Labute approximate surface area is 193 Å². The first-order valence-corrected chi connectivity index (χ1v) is 12.7. The number of para-hydroxylation sites is 2. The summed E-state index contributed by atoms with van der Waals surface area (Å²) in [5.41, 5.74) is 2.42.